The van der Waals surface area contributed by atoms with E-state index < -0.39 is 5.41 Å². The van der Waals surface area contributed by atoms with Gasteiger partial charge in [0.1, 0.15) is 0 Å². The van der Waals surface area contributed by atoms with Crippen molar-refractivity contribution in [2.45, 2.75) is 25.7 Å². The van der Waals surface area contributed by atoms with Crippen LogP contribution in [0.3, 0.4) is 0 Å². The van der Waals surface area contributed by atoms with Gasteiger partial charge in [0.25, 0.3) is 0 Å². The third-order valence-corrected chi connectivity index (χ3v) is 4.51. The summed E-state index contributed by atoms with van der Waals surface area (Å²) in [6.07, 6.45) is 3.55. The van der Waals surface area contributed by atoms with Gasteiger partial charge in [-0.2, -0.15) is 0 Å². The molecule has 0 spiro atoms. The molecule has 96 valence electrons. The maximum absolute atomic E-state index is 12.4. The van der Waals surface area contributed by atoms with Gasteiger partial charge < -0.3 is 11.1 Å². The largest absolute Gasteiger partial charge is 0.392 e. The first-order valence-electron chi connectivity index (χ1n) is 5.91. The molecule has 18 heavy (non-hydrogen) atoms. The minimum Gasteiger partial charge on any atom is -0.392 e. The number of anilines is 1. The number of carbonyl (C=O) groups excluding carboxylic acids is 1. The van der Waals surface area contributed by atoms with E-state index in [1.54, 1.807) is 0 Å². The van der Waals surface area contributed by atoms with Crippen molar-refractivity contribution in [3.63, 3.8) is 0 Å². The van der Waals surface area contributed by atoms with E-state index in [-0.39, 0.29) is 5.91 Å². The van der Waals surface area contributed by atoms with Gasteiger partial charge in [-0.25, -0.2) is 0 Å². The molecule has 2 rings (SSSR count). The van der Waals surface area contributed by atoms with Gasteiger partial charge in [0.15, 0.2) is 0 Å². The van der Waals surface area contributed by atoms with Gasteiger partial charge in [-0.1, -0.05) is 31.1 Å². The van der Waals surface area contributed by atoms with Gasteiger partial charge in [-0.3, -0.25) is 4.79 Å². The molecule has 0 heterocycles. The standard InChI is InChI=1S/C13H15IN2OS/c14-9-4-3-5-10(8-9)16-12(17)13(11(15)18)6-1-2-7-13/h3-5,8H,1-2,6-7H2,(H2,15,18)(H,16,17). The van der Waals surface area contributed by atoms with Crippen molar-refractivity contribution in [2.75, 3.05) is 5.32 Å². The van der Waals surface area contributed by atoms with Crippen molar-refractivity contribution >= 4 is 51.4 Å². The highest BCUT2D eigenvalue weighted by Crippen LogP contribution is 2.39. The van der Waals surface area contributed by atoms with Gasteiger partial charge >= 0.3 is 0 Å². The minimum atomic E-state index is -0.642. The Labute approximate surface area is 126 Å². The molecule has 5 heteroatoms. The molecule has 1 aromatic carbocycles. The lowest BCUT2D eigenvalue weighted by atomic mass is 9.85. The molecule has 0 bridgehead atoms. The fraction of sp³-hybridized carbons (Fsp3) is 0.385. The number of hydrogen-bond donors (Lipinski definition) is 2. The maximum atomic E-state index is 12.4. The van der Waals surface area contributed by atoms with Crippen molar-refractivity contribution in [3.8, 4) is 0 Å². The Bertz CT molecular complexity index is 484. The zero-order valence-corrected chi connectivity index (χ0v) is 12.9. The molecule has 3 N–H and O–H groups in total. The second kappa shape index (κ2) is 5.52. The summed E-state index contributed by atoms with van der Waals surface area (Å²) < 4.78 is 1.08. The lowest BCUT2D eigenvalue weighted by Gasteiger charge is -2.26. The molecule has 1 aromatic rings. The number of halogens is 1. The van der Waals surface area contributed by atoms with Crippen LogP contribution in [0.2, 0.25) is 0 Å². The number of carbonyl (C=O) groups is 1. The lowest BCUT2D eigenvalue weighted by molar-refractivity contribution is -0.122. The van der Waals surface area contributed by atoms with Crippen LogP contribution < -0.4 is 11.1 Å². The molecular weight excluding hydrogens is 359 g/mol. The lowest BCUT2D eigenvalue weighted by Crippen LogP contribution is -2.43. The van der Waals surface area contributed by atoms with E-state index >= 15 is 0 Å². The van der Waals surface area contributed by atoms with Crippen LogP contribution in [0.15, 0.2) is 24.3 Å². The fourth-order valence-electron chi connectivity index (χ4n) is 2.38. The van der Waals surface area contributed by atoms with Gasteiger partial charge in [-0.15, -0.1) is 0 Å². The molecule has 1 amide bonds. The number of rotatable bonds is 3. The van der Waals surface area contributed by atoms with Crippen LogP contribution in [0.1, 0.15) is 25.7 Å². The van der Waals surface area contributed by atoms with E-state index in [1.165, 1.54) is 0 Å². The van der Waals surface area contributed by atoms with E-state index in [2.05, 4.69) is 27.9 Å². The molecule has 0 unspecified atom stereocenters. The Morgan fingerprint density at radius 1 is 1.39 bits per heavy atom. The highest BCUT2D eigenvalue weighted by molar-refractivity contribution is 14.1. The average Bonchev–Trinajstić information content (AvgIpc) is 2.79. The summed E-state index contributed by atoms with van der Waals surface area (Å²) in [5, 5.41) is 2.94. The summed E-state index contributed by atoms with van der Waals surface area (Å²) in [7, 11) is 0. The number of nitrogens with two attached hydrogens (primary N) is 1. The Kier molecular flexibility index (Phi) is 4.21. The first kappa shape index (κ1) is 13.7. The fourth-order valence-corrected chi connectivity index (χ4v) is 3.22. The number of benzene rings is 1. The SMILES string of the molecule is NC(=S)C1(C(=O)Nc2cccc(I)c2)CCCC1. The topological polar surface area (TPSA) is 55.1 Å². The number of thiocarbonyl (C=S) groups is 1. The predicted molar refractivity (Wildman–Crippen MR) is 85.5 cm³/mol. The zero-order chi connectivity index (χ0) is 13.2. The van der Waals surface area contributed by atoms with Crippen LogP contribution in [-0.2, 0) is 4.79 Å². The molecule has 0 saturated heterocycles. The predicted octanol–water partition coefficient (Wildman–Crippen LogP) is 3.08. The van der Waals surface area contributed by atoms with E-state index in [0.29, 0.717) is 4.99 Å². The second-order valence-electron chi connectivity index (χ2n) is 4.62. The Morgan fingerprint density at radius 3 is 2.61 bits per heavy atom. The van der Waals surface area contributed by atoms with Crippen molar-refractivity contribution in [1.29, 1.82) is 0 Å². The van der Waals surface area contributed by atoms with Crippen molar-refractivity contribution < 1.29 is 4.79 Å². The molecule has 0 atom stereocenters. The highest BCUT2D eigenvalue weighted by atomic mass is 127. The number of amides is 1. The van der Waals surface area contributed by atoms with Crippen molar-refractivity contribution in [3.05, 3.63) is 27.8 Å². The van der Waals surface area contributed by atoms with Crippen LogP contribution in [-0.4, -0.2) is 10.9 Å². The number of nitrogens with one attached hydrogen (secondary N) is 1. The third-order valence-electron chi connectivity index (χ3n) is 3.45. The zero-order valence-electron chi connectivity index (χ0n) is 9.91. The molecule has 1 aliphatic rings. The monoisotopic (exact) mass is 374 g/mol. The van der Waals surface area contributed by atoms with E-state index in [4.69, 9.17) is 18.0 Å². The molecule has 0 aromatic heterocycles. The van der Waals surface area contributed by atoms with E-state index in [0.717, 1.165) is 34.9 Å². The second-order valence-corrected chi connectivity index (χ2v) is 6.30. The summed E-state index contributed by atoms with van der Waals surface area (Å²) in [5.41, 5.74) is 5.94. The summed E-state index contributed by atoms with van der Waals surface area (Å²) in [6, 6.07) is 7.71. The van der Waals surface area contributed by atoms with Crippen molar-refractivity contribution in [1.82, 2.24) is 0 Å². The van der Waals surface area contributed by atoms with Crippen molar-refractivity contribution in [2.24, 2.45) is 11.1 Å². The summed E-state index contributed by atoms with van der Waals surface area (Å²) in [5.74, 6) is -0.0606. The minimum absolute atomic E-state index is 0.0606. The first-order chi connectivity index (χ1) is 8.54. The van der Waals surface area contributed by atoms with Gasteiger partial charge in [0.05, 0.1) is 10.4 Å². The Balaban J connectivity index is 2.18. The number of hydrogen-bond acceptors (Lipinski definition) is 2. The maximum Gasteiger partial charge on any atom is 0.237 e. The van der Waals surface area contributed by atoms with Gasteiger partial charge in [0.2, 0.25) is 5.91 Å². The molecule has 0 radical (unpaired) electrons. The smallest absolute Gasteiger partial charge is 0.237 e. The van der Waals surface area contributed by atoms with Crippen LogP contribution >= 0.6 is 34.8 Å². The molecule has 0 aliphatic heterocycles. The van der Waals surface area contributed by atoms with E-state index in [9.17, 15) is 4.79 Å². The normalized spacial score (nSPS) is 17.4. The summed E-state index contributed by atoms with van der Waals surface area (Å²) >= 11 is 7.32. The Morgan fingerprint density at radius 2 is 2.06 bits per heavy atom. The molecule has 1 aliphatic carbocycles. The summed E-state index contributed by atoms with van der Waals surface area (Å²) in [6.45, 7) is 0. The van der Waals surface area contributed by atoms with Crippen LogP contribution in [0.5, 0.6) is 0 Å². The van der Waals surface area contributed by atoms with Crippen LogP contribution in [0, 0.1) is 8.99 Å². The average molecular weight is 374 g/mol. The first-order valence-corrected chi connectivity index (χ1v) is 7.40. The third kappa shape index (κ3) is 2.66. The Hall–Kier alpha value is -0.690. The molecule has 3 nitrogen and oxygen atoms in total. The van der Waals surface area contributed by atoms with Crippen LogP contribution in [0.4, 0.5) is 5.69 Å². The molecule has 1 fully saturated rings. The molecular formula is C13H15IN2OS. The van der Waals surface area contributed by atoms with E-state index in [1.807, 2.05) is 24.3 Å². The highest BCUT2D eigenvalue weighted by Gasteiger charge is 2.43. The van der Waals surface area contributed by atoms with Gasteiger partial charge in [0, 0.05) is 9.26 Å². The molecule has 1 saturated carbocycles. The van der Waals surface area contributed by atoms with Gasteiger partial charge in [-0.05, 0) is 53.6 Å². The summed E-state index contributed by atoms with van der Waals surface area (Å²) in [4.78, 5) is 12.7. The van der Waals surface area contributed by atoms with Crippen LogP contribution in [0.25, 0.3) is 0 Å². The quantitative estimate of drug-likeness (QED) is 0.632.